The molecule has 0 aliphatic rings. The van der Waals surface area contributed by atoms with Gasteiger partial charge in [-0.2, -0.15) is 5.10 Å². The fourth-order valence-electron chi connectivity index (χ4n) is 2.45. The second kappa shape index (κ2) is 4.59. The van der Waals surface area contributed by atoms with Gasteiger partial charge < -0.3 is 0 Å². The second-order valence-electron chi connectivity index (χ2n) is 4.82. The molecule has 0 saturated heterocycles. The Morgan fingerprint density at radius 3 is 2.26 bits per heavy atom. The van der Waals surface area contributed by atoms with Crippen molar-refractivity contribution in [2.45, 2.75) is 13.8 Å². The Balaban J connectivity index is 2.37. The van der Waals surface area contributed by atoms with Gasteiger partial charge in [0.25, 0.3) is 0 Å². The largest absolute Gasteiger partial charge is 0.267 e. The molecule has 2 nitrogen and oxygen atoms in total. The van der Waals surface area contributed by atoms with Crippen molar-refractivity contribution in [3.05, 3.63) is 58.2 Å². The molecule has 0 saturated carbocycles. The SMILES string of the molecule is Cc1cc(C)cc(-c2n[nH]c(=S)c3ccccc23)c1. The first kappa shape index (κ1) is 12.1. The number of benzene rings is 2. The van der Waals surface area contributed by atoms with Gasteiger partial charge in [-0.05, 0) is 26.0 Å². The summed E-state index contributed by atoms with van der Waals surface area (Å²) in [7, 11) is 0. The zero-order valence-electron chi connectivity index (χ0n) is 10.9. The highest BCUT2D eigenvalue weighted by molar-refractivity contribution is 7.71. The van der Waals surface area contributed by atoms with Gasteiger partial charge >= 0.3 is 0 Å². The summed E-state index contributed by atoms with van der Waals surface area (Å²) in [5.74, 6) is 0. The Morgan fingerprint density at radius 1 is 0.947 bits per heavy atom. The van der Waals surface area contributed by atoms with Gasteiger partial charge in [-0.25, -0.2) is 0 Å². The van der Waals surface area contributed by atoms with E-state index in [0.29, 0.717) is 4.64 Å². The van der Waals surface area contributed by atoms with Crippen molar-refractivity contribution in [3.63, 3.8) is 0 Å². The average Bonchev–Trinajstić information content (AvgIpc) is 2.38. The molecule has 0 unspecified atom stereocenters. The third-order valence-corrected chi connectivity index (χ3v) is 3.50. The van der Waals surface area contributed by atoms with Crippen LogP contribution in [0, 0.1) is 18.5 Å². The Hall–Kier alpha value is -2.00. The Bertz CT molecular complexity index is 798. The molecule has 0 radical (unpaired) electrons. The Kier molecular flexibility index (Phi) is 2.91. The van der Waals surface area contributed by atoms with Crippen molar-refractivity contribution in [2.75, 3.05) is 0 Å². The predicted octanol–water partition coefficient (Wildman–Crippen LogP) is 4.58. The van der Waals surface area contributed by atoms with Crippen LogP contribution in [0.2, 0.25) is 0 Å². The van der Waals surface area contributed by atoms with Crippen LogP contribution >= 0.6 is 12.2 Å². The molecular weight excluding hydrogens is 252 g/mol. The molecule has 0 aliphatic heterocycles. The van der Waals surface area contributed by atoms with E-state index >= 15 is 0 Å². The van der Waals surface area contributed by atoms with Crippen molar-refractivity contribution < 1.29 is 0 Å². The monoisotopic (exact) mass is 266 g/mol. The standard InChI is InChI=1S/C16H14N2S/c1-10-7-11(2)9-12(8-10)15-13-5-3-4-6-14(13)16(19)18-17-15/h3-9H,1-2H3,(H,18,19). The molecule has 0 aliphatic carbocycles. The molecule has 19 heavy (non-hydrogen) atoms. The number of fused-ring (bicyclic) bond motifs is 1. The smallest absolute Gasteiger partial charge is 0.127 e. The lowest BCUT2D eigenvalue weighted by Gasteiger charge is -2.08. The quantitative estimate of drug-likeness (QED) is 0.653. The van der Waals surface area contributed by atoms with E-state index in [-0.39, 0.29) is 0 Å². The van der Waals surface area contributed by atoms with Gasteiger partial charge in [0.15, 0.2) is 0 Å². The van der Waals surface area contributed by atoms with Crippen LogP contribution in [0.25, 0.3) is 22.0 Å². The maximum Gasteiger partial charge on any atom is 0.127 e. The van der Waals surface area contributed by atoms with Crippen LogP contribution in [0.3, 0.4) is 0 Å². The molecule has 3 rings (SSSR count). The van der Waals surface area contributed by atoms with Gasteiger partial charge in [0.2, 0.25) is 0 Å². The van der Waals surface area contributed by atoms with Crippen molar-refractivity contribution >= 4 is 23.0 Å². The predicted molar refractivity (Wildman–Crippen MR) is 81.8 cm³/mol. The normalized spacial score (nSPS) is 10.8. The Labute approximate surface area is 117 Å². The van der Waals surface area contributed by atoms with Crippen molar-refractivity contribution in [3.8, 4) is 11.3 Å². The van der Waals surface area contributed by atoms with Crippen LogP contribution in [0.4, 0.5) is 0 Å². The fraction of sp³-hybridized carbons (Fsp3) is 0.125. The lowest BCUT2D eigenvalue weighted by Crippen LogP contribution is -1.92. The van der Waals surface area contributed by atoms with Crippen LogP contribution < -0.4 is 0 Å². The van der Waals surface area contributed by atoms with E-state index < -0.39 is 0 Å². The number of aryl methyl sites for hydroxylation is 2. The van der Waals surface area contributed by atoms with Gasteiger partial charge in [0.1, 0.15) is 4.64 Å². The summed E-state index contributed by atoms with van der Waals surface area (Å²) >= 11 is 5.30. The molecule has 1 aromatic heterocycles. The summed E-state index contributed by atoms with van der Waals surface area (Å²) in [4.78, 5) is 0. The van der Waals surface area contributed by atoms with E-state index in [1.54, 1.807) is 0 Å². The van der Waals surface area contributed by atoms with Crippen molar-refractivity contribution in [1.29, 1.82) is 0 Å². The van der Waals surface area contributed by atoms with E-state index in [4.69, 9.17) is 12.2 Å². The van der Waals surface area contributed by atoms with Gasteiger partial charge in [-0.15, -0.1) is 0 Å². The third-order valence-electron chi connectivity index (χ3n) is 3.19. The van der Waals surface area contributed by atoms with Gasteiger partial charge in [0, 0.05) is 16.3 Å². The zero-order chi connectivity index (χ0) is 13.4. The molecule has 1 N–H and O–H groups in total. The van der Waals surface area contributed by atoms with Gasteiger partial charge in [0.05, 0.1) is 5.69 Å². The number of hydrogen-bond acceptors (Lipinski definition) is 2. The molecule has 0 fully saturated rings. The maximum atomic E-state index is 5.30. The molecular formula is C16H14N2S. The number of aromatic amines is 1. The lowest BCUT2D eigenvalue weighted by atomic mass is 10.0. The highest BCUT2D eigenvalue weighted by Crippen LogP contribution is 2.27. The minimum atomic E-state index is 0.684. The highest BCUT2D eigenvalue weighted by atomic mass is 32.1. The van der Waals surface area contributed by atoms with Gasteiger partial charge in [-0.1, -0.05) is 53.7 Å². The first-order chi connectivity index (χ1) is 9.15. The number of rotatable bonds is 1. The second-order valence-corrected chi connectivity index (χ2v) is 5.23. The summed E-state index contributed by atoms with van der Waals surface area (Å²) in [5, 5.41) is 9.51. The minimum Gasteiger partial charge on any atom is -0.267 e. The van der Waals surface area contributed by atoms with Crippen LogP contribution in [-0.4, -0.2) is 10.2 Å². The maximum absolute atomic E-state index is 5.30. The van der Waals surface area contributed by atoms with E-state index in [1.807, 2.05) is 18.2 Å². The number of aromatic nitrogens is 2. The van der Waals surface area contributed by atoms with Crippen LogP contribution in [0.1, 0.15) is 11.1 Å². The highest BCUT2D eigenvalue weighted by Gasteiger charge is 2.07. The number of nitrogens with zero attached hydrogens (tertiary/aromatic N) is 1. The van der Waals surface area contributed by atoms with Crippen molar-refractivity contribution in [2.24, 2.45) is 0 Å². The summed E-state index contributed by atoms with van der Waals surface area (Å²) in [6.45, 7) is 4.20. The van der Waals surface area contributed by atoms with Crippen LogP contribution in [0.15, 0.2) is 42.5 Å². The molecule has 1 heterocycles. The number of hydrogen-bond donors (Lipinski definition) is 1. The fourth-order valence-corrected chi connectivity index (χ4v) is 2.67. The van der Waals surface area contributed by atoms with Gasteiger partial charge in [-0.3, -0.25) is 5.10 Å². The topological polar surface area (TPSA) is 28.7 Å². The molecule has 3 heteroatoms. The van der Waals surface area contributed by atoms with Crippen LogP contribution in [0.5, 0.6) is 0 Å². The van der Waals surface area contributed by atoms with E-state index in [1.165, 1.54) is 11.1 Å². The molecule has 2 aromatic carbocycles. The molecule has 3 aromatic rings. The minimum absolute atomic E-state index is 0.684. The first-order valence-corrected chi connectivity index (χ1v) is 6.62. The summed E-state index contributed by atoms with van der Waals surface area (Å²) in [6, 6.07) is 14.6. The zero-order valence-corrected chi connectivity index (χ0v) is 11.7. The average molecular weight is 266 g/mol. The molecule has 0 atom stereocenters. The number of nitrogens with one attached hydrogen (secondary N) is 1. The van der Waals surface area contributed by atoms with E-state index in [0.717, 1.165) is 22.0 Å². The van der Waals surface area contributed by atoms with E-state index in [2.05, 4.69) is 48.3 Å². The third kappa shape index (κ3) is 2.17. The summed E-state index contributed by atoms with van der Waals surface area (Å²) in [5.41, 5.74) is 4.56. The van der Waals surface area contributed by atoms with E-state index in [9.17, 15) is 0 Å². The lowest BCUT2D eigenvalue weighted by molar-refractivity contribution is 1.04. The molecule has 0 bridgehead atoms. The number of H-pyrrole nitrogens is 1. The van der Waals surface area contributed by atoms with Crippen LogP contribution in [-0.2, 0) is 0 Å². The first-order valence-electron chi connectivity index (χ1n) is 6.21. The molecule has 0 spiro atoms. The molecule has 0 amide bonds. The summed E-state index contributed by atoms with van der Waals surface area (Å²) < 4.78 is 0.684. The van der Waals surface area contributed by atoms with Crippen molar-refractivity contribution in [1.82, 2.24) is 10.2 Å². The Morgan fingerprint density at radius 2 is 1.58 bits per heavy atom. The molecule has 94 valence electrons. The summed E-state index contributed by atoms with van der Waals surface area (Å²) in [6.07, 6.45) is 0.